The summed E-state index contributed by atoms with van der Waals surface area (Å²) < 4.78 is 5.35. The normalized spacial score (nSPS) is 17.0. The summed E-state index contributed by atoms with van der Waals surface area (Å²) in [4.78, 5) is 13.1. The summed E-state index contributed by atoms with van der Waals surface area (Å²) in [7, 11) is 1.64. The maximum Gasteiger partial charge on any atom is 0.193 e. The van der Waals surface area contributed by atoms with Gasteiger partial charge in [0, 0.05) is 16.6 Å². The highest BCUT2D eigenvalue weighted by molar-refractivity contribution is 6.33. The van der Waals surface area contributed by atoms with E-state index in [1.165, 1.54) is 0 Å². The Morgan fingerprint density at radius 2 is 1.88 bits per heavy atom. The van der Waals surface area contributed by atoms with Gasteiger partial charge in [-0.15, -0.1) is 0 Å². The minimum absolute atomic E-state index is 0.0745. The van der Waals surface area contributed by atoms with Crippen LogP contribution in [0.1, 0.15) is 46.5 Å². The summed E-state index contributed by atoms with van der Waals surface area (Å²) in [6.07, 6.45) is 0.718. The lowest BCUT2D eigenvalue weighted by Crippen LogP contribution is -2.29. The zero-order chi connectivity index (χ0) is 17.1. The number of fused-ring (bicyclic) bond motifs is 3. The van der Waals surface area contributed by atoms with E-state index in [4.69, 9.17) is 10.00 Å². The van der Waals surface area contributed by atoms with E-state index >= 15 is 0 Å². The maximum absolute atomic E-state index is 13.1. The van der Waals surface area contributed by atoms with Gasteiger partial charge in [-0.05, 0) is 59.0 Å². The second-order valence-corrected chi connectivity index (χ2v) is 6.88. The minimum Gasteiger partial charge on any atom is -0.497 e. The number of nitriles is 1. The van der Waals surface area contributed by atoms with E-state index in [0.717, 1.165) is 45.6 Å². The SMILES string of the molecule is COc1ccc2c(c1)C(C)(C)C1=C(C2=O)c2ccc(C#N)cc2C1. The van der Waals surface area contributed by atoms with Gasteiger partial charge in [-0.3, -0.25) is 4.79 Å². The van der Waals surface area contributed by atoms with Crippen LogP contribution in [0, 0.1) is 11.3 Å². The van der Waals surface area contributed by atoms with Gasteiger partial charge in [-0.2, -0.15) is 5.26 Å². The van der Waals surface area contributed by atoms with Gasteiger partial charge in [-0.1, -0.05) is 19.9 Å². The third kappa shape index (κ3) is 1.80. The number of allylic oxidation sites excluding steroid dienone is 2. The summed E-state index contributed by atoms with van der Waals surface area (Å²) in [6.45, 7) is 4.31. The van der Waals surface area contributed by atoms with Crippen LogP contribution in [0.4, 0.5) is 0 Å². The zero-order valence-electron chi connectivity index (χ0n) is 13.9. The van der Waals surface area contributed by atoms with Crippen LogP contribution in [0.3, 0.4) is 0 Å². The van der Waals surface area contributed by atoms with Crippen LogP contribution < -0.4 is 4.74 Å². The number of methoxy groups -OCH3 is 1. The Hall–Kier alpha value is -2.86. The van der Waals surface area contributed by atoms with Crippen LogP contribution in [-0.2, 0) is 11.8 Å². The molecule has 24 heavy (non-hydrogen) atoms. The van der Waals surface area contributed by atoms with Crippen LogP contribution in [0.5, 0.6) is 5.75 Å². The number of carbonyl (C=O) groups excluding carboxylic acids is 1. The molecular weight excluding hydrogens is 298 g/mol. The molecule has 0 saturated heterocycles. The second kappa shape index (κ2) is 4.82. The predicted molar refractivity (Wildman–Crippen MR) is 92.1 cm³/mol. The van der Waals surface area contributed by atoms with Gasteiger partial charge in [0.1, 0.15) is 5.75 Å². The van der Waals surface area contributed by atoms with Crippen molar-refractivity contribution < 1.29 is 9.53 Å². The highest BCUT2D eigenvalue weighted by atomic mass is 16.5. The molecule has 0 heterocycles. The molecule has 2 aliphatic rings. The number of hydrogen-bond donors (Lipinski definition) is 0. The van der Waals surface area contributed by atoms with Gasteiger partial charge in [0.25, 0.3) is 0 Å². The molecular formula is C21H17NO2. The molecule has 3 nitrogen and oxygen atoms in total. The molecule has 0 aromatic heterocycles. The lowest BCUT2D eigenvalue weighted by molar-refractivity contribution is 0.105. The van der Waals surface area contributed by atoms with Crippen molar-refractivity contribution >= 4 is 11.4 Å². The lowest BCUT2D eigenvalue weighted by atomic mass is 9.68. The van der Waals surface area contributed by atoms with E-state index in [-0.39, 0.29) is 11.2 Å². The van der Waals surface area contributed by atoms with Crippen molar-refractivity contribution in [1.82, 2.24) is 0 Å². The zero-order valence-corrected chi connectivity index (χ0v) is 13.9. The highest BCUT2D eigenvalue weighted by Crippen LogP contribution is 2.50. The van der Waals surface area contributed by atoms with Gasteiger partial charge >= 0.3 is 0 Å². The van der Waals surface area contributed by atoms with Gasteiger partial charge in [0.05, 0.1) is 18.7 Å². The maximum atomic E-state index is 13.1. The summed E-state index contributed by atoms with van der Waals surface area (Å²) in [5.41, 5.74) is 6.15. The first kappa shape index (κ1) is 14.7. The molecule has 0 spiro atoms. The molecule has 4 rings (SSSR count). The van der Waals surface area contributed by atoms with E-state index < -0.39 is 0 Å². The molecule has 0 N–H and O–H groups in total. The predicted octanol–water partition coefficient (Wildman–Crippen LogP) is 4.05. The summed E-state index contributed by atoms with van der Waals surface area (Å²) in [5, 5.41) is 9.14. The van der Waals surface area contributed by atoms with E-state index in [0.29, 0.717) is 5.56 Å². The minimum atomic E-state index is -0.251. The number of benzene rings is 2. The Morgan fingerprint density at radius 1 is 1.12 bits per heavy atom. The number of Topliss-reactive ketones (excluding diaryl/α,β-unsaturated/α-hetero) is 1. The van der Waals surface area contributed by atoms with Crippen molar-refractivity contribution in [3.05, 3.63) is 69.8 Å². The Kier molecular flexibility index (Phi) is 2.95. The van der Waals surface area contributed by atoms with Crippen molar-refractivity contribution in [3.63, 3.8) is 0 Å². The highest BCUT2D eigenvalue weighted by Gasteiger charge is 2.42. The van der Waals surface area contributed by atoms with E-state index in [2.05, 4.69) is 19.9 Å². The quantitative estimate of drug-likeness (QED) is 0.797. The van der Waals surface area contributed by atoms with Gasteiger partial charge in [0.2, 0.25) is 0 Å². The summed E-state index contributed by atoms with van der Waals surface area (Å²) in [6, 6.07) is 13.5. The van der Waals surface area contributed by atoms with Gasteiger partial charge < -0.3 is 4.74 Å². The lowest BCUT2D eigenvalue weighted by Gasteiger charge is -2.34. The van der Waals surface area contributed by atoms with Crippen LogP contribution in [0.25, 0.3) is 5.57 Å². The smallest absolute Gasteiger partial charge is 0.193 e. The van der Waals surface area contributed by atoms with E-state index in [1.54, 1.807) is 13.2 Å². The van der Waals surface area contributed by atoms with Crippen molar-refractivity contribution in [3.8, 4) is 11.8 Å². The standard InChI is InChI=1S/C21H17NO2/c1-21(2)17-10-14(24-3)5-7-16(17)20(23)19-15-6-4-12(11-22)8-13(15)9-18(19)21/h4-8,10H,9H2,1-3H3. The molecule has 118 valence electrons. The Bertz CT molecular complexity index is 974. The molecule has 3 heteroatoms. The Balaban J connectivity index is 1.94. The fourth-order valence-corrected chi connectivity index (χ4v) is 3.95. The second-order valence-electron chi connectivity index (χ2n) is 6.88. The third-order valence-corrected chi connectivity index (χ3v) is 5.30. The first-order chi connectivity index (χ1) is 11.5. The first-order valence-corrected chi connectivity index (χ1v) is 7.97. The summed E-state index contributed by atoms with van der Waals surface area (Å²) in [5.74, 6) is 0.839. The number of rotatable bonds is 1. The molecule has 2 aromatic rings. The molecule has 0 amide bonds. The summed E-state index contributed by atoms with van der Waals surface area (Å²) >= 11 is 0. The van der Waals surface area contributed by atoms with Crippen molar-refractivity contribution in [2.24, 2.45) is 0 Å². The van der Waals surface area contributed by atoms with Crippen LogP contribution >= 0.6 is 0 Å². The van der Waals surface area contributed by atoms with Crippen molar-refractivity contribution in [1.29, 1.82) is 5.26 Å². The molecule has 0 unspecified atom stereocenters. The van der Waals surface area contributed by atoms with Crippen molar-refractivity contribution in [2.45, 2.75) is 25.7 Å². The molecule has 0 radical (unpaired) electrons. The molecule has 0 aliphatic heterocycles. The van der Waals surface area contributed by atoms with E-state index in [1.807, 2.05) is 30.3 Å². The number of ketones is 1. The Morgan fingerprint density at radius 3 is 2.58 bits per heavy atom. The number of nitrogens with zero attached hydrogens (tertiary/aromatic N) is 1. The molecule has 2 aliphatic carbocycles. The fraction of sp³-hybridized carbons (Fsp3) is 0.238. The first-order valence-electron chi connectivity index (χ1n) is 7.97. The number of hydrogen-bond acceptors (Lipinski definition) is 3. The third-order valence-electron chi connectivity index (χ3n) is 5.30. The molecule has 2 aromatic carbocycles. The largest absolute Gasteiger partial charge is 0.497 e. The van der Waals surface area contributed by atoms with E-state index in [9.17, 15) is 4.79 Å². The van der Waals surface area contributed by atoms with Crippen LogP contribution in [-0.4, -0.2) is 12.9 Å². The monoisotopic (exact) mass is 315 g/mol. The topological polar surface area (TPSA) is 50.1 Å². The fourth-order valence-electron chi connectivity index (χ4n) is 3.95. The van der Waals surface area contributed by atoms with Gasteiger partial charge in [-0.25, -0.2) is 0 Å². The van der Waals surface area contributed by atoms with Gasteiger partial charge in [0.15, 0.2) is 5.78 Å². The average Bonchev–Trinajstić information content (AvgIpc) is 2.99. The van der Waals surface area contributed by atoms with Crippen LogP contribution in [0.2, 0.25) is 0 Å². The van der Waals surface area contributed by atoms with Crippen LogP contribution in [0.15, 0.2) is 42.0 Å². The Labute approximate surface area is 141 Å². The average molecular weight is 315 g/mol. The molecule has 0 saturated carbocycles. The van der Waals surface area contributed by atoms with Crippen molar-refractivity contribution in [2.75, 3.05) is 7.11 Å². The molecule has 0 bridgehead atoms. The number of carbonyl (C=O) groups is 1. The molecule has 0 atom stereocenters. The molecule has 0 fully saturated rings. The number of ether oxygens (including phenoxy) is 1.